The molecule has 0 bridgehead atoms. The monoisotopic (exact) mass is 367 g/mol. The number of nitrogens with zero attached hydrogens (tertiary/aromatic N) is 2. The third kappa shape index (κ3) is 2.80. The first-order chi connectivity index (χ1) is 9.25. The lowest BCUT2D eigenvalue weighted by Gasteiger charge is -2.24. The highest BCUT2D eigenvalue weighted by atomic mass is 127. The number of aromatic amines is 1. The fraction of sp³-hybridized carbons (Fsp3) is 0.286. The Labute approximate surface area is 125 Å². The molecule has 1 aromatic heterocycles. The Bertz CT molecular complexity index is 622. The maximum Gasteiger partial charge on any atom is 0.266 e. The Morgan fingerprint density at radius 2 is 2.05 bits per heavy atom. The van der Waals surface area contributed by atoms with Crippen LogP contribution in [0.5, 0.6) is 0 Å². The third-order valence-corrected chi connectivity index (χ3v) is 4.21. The van der Waals surface area contributed by atoms with Gasteiger partial charge in [-0.3, -0.25) is 4.79 Å². The van der Waals surface area contributed by atoms with Crippen molar-refractivity contribution in [3.63, 3.8) is 0 Å². The molecule has 2 aromatic rings. The average molecular weight is 367 g/mol. The number of aromatic nitrogens is 2. The molecule has 1 saturated carbocycles. The minimum atomic E-state index is -0.0655. The molecule has 1 aliphatic rings. The molecule has 1 N–H and O–H groups in total. The van der Waals surface area contributed by atoms with Gasteiger partial charge in [0.15, 0.2) is 0 Å². The number of rotatable bonds is 4. The van der Waals surface area contributed by atoms with E-state index in [1.807, 2.05) is 18.2 Å². The van der Waals surface area contributed by atoms with E-state index in [0.717, 1.165) is 12.4 Å². The van der Waals surface area contributed by atoms with Crippen molar-refractivity contribution in [2.24, 2.45) is 0 Å². The number of benzene rings is 1. The van der Waals surface area contributed by atoms with Gasteiger partial charge in [-0.15, -0.1) is 0 Å². The molecule has 0 spiro atoms. The van der Waals surface area contributed by atoms with E-state index in [1.165, 1.54) is 24.7 Å². The second kappa shape index (κ2) is 5.32. The minimum Gasteiger partial charge on any atom is -0.348 e. The number of halogens is 1. The van der Waals surface area contributed by atoms with Crippen LogP contribution in [0.4, 0.5) is 5.82 Å². The van der Waals surface area contributed by atoms with Crippen LogP contribution in [0.15, 0.2) is 41.5 Å². The van der Waals surface area contributed by atoms with Gasteiger partial charge in [0.2, 0.25) is 0 Å². The summed E-state index contributed by atoms with van der Waals surface area (Å²) in [4.78, 5) is 20.9. The molecular weight excluding hydrogens is 353 g/mol. The van der Waals surface area contributed by atoms with Gasteiger partial charge in [0.05, 0.1) is 6.33 Å². The van der Waals surface area contributed by atoms with Gasteiger partial charge in [0.25, 0.3) is 5.56 Å². The Morgan fingerprint density at radius 1 is 1.32 bits per heavy atom. The highest BCUT2D eigenvalue weighted by Crippen LogP contribution is 2.33. The molecule has 0 unspecified atom stereocenters. The van der Waals surface area contributed by atoms with Crippen LogP contribution >= 0.6 is 22.6 Å². The van der Waals surface area contributed by atoms with Gasteiger partial charge in [-0.1, -0.05) is 30.3 Å². The van der Waals surface area contributed by atoms with Gasteiger partial charge in [0, 0.05) is 12.6 Å². The number of nitrogens with one attached hydrogen (secondary N) is 1. The van der Waals surface area contributed by atoms with Crippen LogP contribution < -0.4 is 10.5 Å². The van der Waals surface area contributed by atoms with Crippen LogP contribution in [0.25, 0.3) is 0 Å². The van der Waals surface area contributed by atoms with Gasteiger partial charge >= 0.3 is 0 Å². The molecule has 3 rings (SSSR count). The van der Waals surface area contributed by atoms with Gasteiger partial charge < -0.3 is 9.88 Å². The molecule has 1 aromatic carbocycles. The van der Waals surface area contributed by atoms with Crippen molar-refractivity contribution in [1.29, 1.82) is 0 Å². The van der Waals surface area contributed by atoms with Crippen LogP contribution in [-0.2, 0) is 6.54 Å². The lowest BCUT2D eigenvalue weighted by molar-refractivity contribution is 0.769. The molecule has 0 radical (unpaired) electrons. The molecule has 0 aliphatic heterocycles. The molecule has 4 nitrogen and oxygen atoms in total. The van der Waals surface area contributed by atoms with Crippen molar-refractivity contribution in [3.05, 3.63) is 56.1 Å². The fourth-order valence-electron chi connectivity index (χ4n) is 2.12. The van der Waals surface area contributed by atoms with Crippen LogP contribution in [0.2, 0.25) is 0 Å². The Balaban J connectivity index is 1.93. The van der Waals surface area contributed by atoms with E-state index >= 15 is 0 Å². The van der Waals surface area contributed by atoms with E-state index in [0.29, 0.717) is 9.61 Å². The van der Waals surface area contributed by atoms with E-state index in [2.05, 4.69) is 49.6 Å². The first-order valence-electron chi connectivity index (χ1n) is 6.29. The summed E-state index contributed by atoms with van der Waals surface area (Å²) in [5.74, 6) is 0.802. The Morgan fingerprint density at radius 3 is 2.74 bits per heavy atom. The third-order valence-electron chi connectivity index (χ3n) is 3.23. The van der Waals surface area contributed by atoms with E-state index in [4.69, 9.17) is 0 Å². The summed E-state index contributed by atoms with van der Waals surface area (Å²) in [6.45, 7) is 0.804. The average Bonchev–Trinajstić information content (AvgIpc) is 3.25. The van der Waals surface area contributed by atoms with Crippen molar-refractivity contribution >= 4 is 28.4 Å². The van der Waals surface area contributed by atoms with Gasteiger partial charge in [0.1, 0.15) is 9.39 Å². The van der Waals surface area contributed by atoms with Crippen molar-refractivity contribution in [3.8, 4) is 0 Å². The zero-order valence-electron chi connectivity index (χ0n) is 10.3. The zero-order valence-corrected chi connectivity index (χ0v) is 12.5. The van der Waals surface area contributed by atoms with Crippen molar-refractivity contribution in [2.45, 2.75) is 25.4 Å². The number of H-pyrrole nitrogens is 1. The number of anilines is 1. The summed E-state index contributed by atoms with van der Waals surface area (Å²) >= 11 is 2.08. The topological polar surface area (TPSA) is 49.0 Å². The molecule has 5 heteroatoms. The van der Waals surface area contributed by atoms with E-state index in [-0.39, 0.29) is 5.56 Å². The largest absolute Gasteiger partial charge is 0.348 e. The van der Waals surface area contributed by atoms with Crippen molar-refractivity contribution in [1.82, 2.24) is 9.97 Å². The standard InChI is InChI=1S/C14H14IN3O/c15-12-13(16-9-17-14(12)19)18(11-6-7-11)8-10-4-2-1-3-5-10/h1-5,9,11H,6-8H2,(H,16,17,19). The summed E-state index contributed by atoms with van der Waals surface area (Å²) < 4.78 is 0.669. The Kier molecular flexibility index (Phi) is 3.54. The summed E-state index contributed by atoms with van der Waals surface area (Å²) in [6, 6.07) is 10.8. The number of hydrogen-bond acceptors (Lipinski definition) is 3. The van der Waals surface area contributed by atoms with E-state index in [9.17, 15) is 4.79 Å². The zero-order chi connectivity index (χ0) is 13.2. The highest BCUT2D eigenvalue weighted by molar-refractivity contribution is 14.1. The Hall–Kier alpha value is -1.37. The predicted octanol–water partition coefficient (Wildman–Crippen LogP) is 2.54. The van der Waals surface area contributed by atoms with Gasteiger partial charge in [-0.25, -0.2) is 4.98 Å². The fourth-order valence-corrected chi connectivity index (χ4v) is 2.72. The molecule has 1 aliphatic carbocycles. The summed E-state index contributed by atoms with van der Waals surface area (Å²) in [5.41, 5.74) is 1.18. The first-order valence-corrected chi connectivity index (χ1v) is 7.37. The molecule has 1 heterocycles. The molecular formula is C14H14IN3O. The first kappa shape index (κ1) is 12.7. The van der Waals surface area contributed by atoms with Crippen LogP contribution in [-0.4, -0.2) is 16.0 Å². The maximum atomic E-state index is 11.7. The SMILES string of the molecule is O=c1[nH]cnc(N(Cc2ccccc2)C2CC2)c1I. The molecule has 0 atom stereocenters. The summed E-state index contributed by atoms with van der Waals surface area (Å²) in [6.07, 6.45) is 3.84. The normalized spacial score (nSPS) is 14.4. The lowest BCUT2D eigenvalue weighted by atomic mass is 10.2. The predicted molar refractivity (Wildman–Crippen MR) is 83.2 cm³/mol. The molecule has 0 saturated heterocycles. The van der Waals surface area contributed by atoms with Crippen molar-refractivity contribution < 1.29 is 0 Å². The molecule has 0 amide bonds. The van der Waals surface area contributed by atoms with E-state index in [1.54, 1.807) is 0 Å². The van der Waals surface area contributed by atoms with Gasteiger partial charge in [-0.2, -0.15) is 0 Å². The molecule has 98 valence electrons. The smallest absolute Gasteiger partial charge is 0.266 e. The van der Waals surface area contributed by atoms with Crippen LogP contribution in [0.1, 0.15) is 18.4 Å². The summed E-state index contributed by atoms with van der Waals surface area (Å²) in [5, 5.41) is 0. The minimum absolute atomic E-state index is 0.0655. The lowest BCUT2D eigenvalue weighted by Crippen LogP contribution is -2.29. The quantitative estimate of drug-likeness (QED) is 0.846. The van der Waals surface area contributed by atoms with Crippen molar-refractivity contribution in [2.75, 3.05) is 4.90 Å². The van der Waals surface area contributed by atoms with E-state index < -0.39 is 0 Å². The maximum absolute atomic E-state index is 11.7. The highest BCUT2D eigenvalue weighted by Gasteiger charge is 2.31. The van der Waals surface area contributed by atoms with Crippen LogP contribution in [0.3, 0.4) is 0 Å². The second-order valence-corrected chi connectivity index (χ2v) is 5.79. The summed E-state index contributed by atoms with van der Waals surface area (Å²) in [7, 11) is 0. The molecule has 19 heavy (non-hydrogen) atoms. The van der Waals surface area contributed by atoms with Crippen LogP contribution in [0, 0.1) is 3.57 Å². The second-order valence-electron chi connectivity index (χ2n) is 4.71. The number of hydrogen-bond donors (Lipinski definition) is 1. The van der Waals surface area contributed by atoms with Gasteiger partial charge in [-0.05, 0) is 41.0 Å². The molecule has 1 fully saturated rings.